The number of aromatic nitrogens is 4. The molecule has 8 nitrogen and oxygen atoms in total. The van der Waals surface area contributed by atoms with E-state index in [4.69, 9.17) is 0 Å². The fourth-order valence-corrected chi connectivity index (χ4v) is 2.69. The average Bonchev–Trinajstić information content (AvgIpc) is 2.90. The lowest BCUT2D eigenvalue weighted by Crippen LogP contribution is -2.16. The molecule has 3 heterocycles. The largest absolute Gasteiger partial charge is 0.370 e. The molecule has 0 atom stereocenters. The van der Waals surface area contributed by atoms with Gasteiger partial charge < -0.3 is 9.88 Å². The van der Waals surface area contributed by atoms with Crippen LogP contribution in [-0.4, -0.2) is 31.2 Å². The van der Waals surface area contributed by atoms with E-state index in [0.29, 0.717) is 17.9 Å². The third kappa shape index (κ3) is 2.90. The molecule has 22 heavy (non-hydrogen) atoms. The van der Waals surface area contributed by atoms with E-state index in [2.05, 4.69) is 25.1 Å². The summed E-state index contributed by atoms with van der Waals surface area (Å²) in [5.41, 5.74) is 0.638. The second-order valence-corrected chi connectivity index (χ2v) is 5.43. The van der Waals surface area contributed by atoms with E-state index in [1.165, 1.54) is 19.0 Å². The standard InChI is InChI=1S/C14H18N6O2/c1-10-8-12(16-9-11(10)20(21)22)15-6-5-14-18-17-13-4-2-3-7-19(13)14/h8-9H,2-7H2,1H3,(H,15,16). The Balaban J connectivity index is 1.60. The Labute approximate surface area is 127 Å². The van der Waals surface area contributed by atoms with E-state index < -0.39 is 4.92 Å². The molecule has 3 rings (SSSR count). The Hall–Kier alpha value is -2.51. The van der Waals surface area contributed by atoms with Gasteiger partial charge in [0.05, 0.1) is 4.92 Å². The Morgan fingerprint density at radius 1 is 1.41 bits per heavy atom. The van der Waals surface area contributed by atoms with Crippen molar-refractivity contribution in [3.05, 3.63) is 39.6 Å². The maximum atomic E-state index is 10.8. The van der Waals surface area contributed by atoms with Gasteiger partial charge in [-0.2, -0.15) is 0 Å². The lowest BCUT2D eigenvalue weighted by Gasteiger charge is -2.14. The lowest BCUT2D eigenvalue weighted by molar-refractivity contribution is -0.385. The maximum Gasteiger partial charge on any atom is 0.290 e. The summed E-state index contributed by atoms with van der Waals surface area (Å²) in [5, 5.41) is 22.4. The molecular weight excluding hydrogens is 284 g/mol. The van der Waals surface area contributed by atoms with E-state index in [9.17, 15) is 10.1 Å². The number of hydrogen-bond donors (Lipinski definition) is 1. The minimum absolute atomic E-state index is 0.0390. The fourth-order valence-electron chi connectivity index (χ4n) is 2.69. The summed E-state index contributed by atoms with van der Waals surface area (Å²) in [6, 6.07) is 1.69. The summed E-state index contributed by atoms with van der Waals surface area (Å²) in [7, 11) is 0. The highest BCUT2D eigenvalue weighted by atomic mass is 16.6. The molecule has 0 bridgehead atoms. The zero-order valence-electron chi connectivity index (χ0n) is 12.4. The van der Waals surface area contributed by atoms with E-state index in [1.54, 1.807) is 13.0 Å². The summed E-state index contributed by atoms with van der Waals surface area (Å²) < 4.78 is 2.19. The monoisotopic (exact) mass is 302 g/mol. The van der Waals surface area contributed by atoms with Crippen molar-refractivity contribution in [1.29, 1.82) is 0 Å². The van der Waals surface area contributed by atoms with Gasteiger partial charge in [0.1, 0.15) is 23.7 Å². The summed E-state index contributed by atoms with van der Waals surface area (Å²) in [5.74, 6) is 2.70. The quantitative estimate of drug-likeness (QED) is 0.668. The Kier molecular flexibility index (Phi) is 3.99. The predicted octanol–water partition coefficient (Wildman–Crippen LogP) is 1.88. The molecule has 0 spiro atoms. The van der Waals surface area contributed by atoms with Crippen LogP contribution in [0, 0.1) is 17.0 Å². The minimum Gasteiger partial charge on any atom is -0.370 e. The normalized spacial score (nSPS) is 13.7. The molecule has 1 aliphatic rings. The molecule has 2 aromatic heterocycles. The van der Waals surface area contributed by atoms with Crippen LogP contribution < -0.4 is 5.32 Å². The number of pyridine rings is 1. The average molecular weight is 302 g/mol. The third-order valence-corrected chi connectivity index (χ3v) is 3.87. The zero-order valence-corrected chi connectivity index (χ0v) is 12.4. The molecule has 116 valence electrons. The van der Waals surface area contributed by atoms with Gasteiger partial charge in [0.25, 0.3) is 5.69 Å². The highest BCUT2D eigenvalue weighted by Crippen LogP contribution is 2.19. The first-order valence-corrected chi connectivity index (χ1v) is 7.41. The summed E-state index contributed by atoms with van der Waals surface area (Å²) in [6.45, 7) is 3.37. The van der Waals surface area contributed by atoms with Gasteiger partial charge in [0.2, 0.25) is 0 Å². The van der Waals surface area contributed by atoms with Crippen molar-refractivity contribution in [2.24, 2.45) is 0 Å². The number of nitrogens with zero attached hydrogens (tertiary/aromatic N) is 5. The third-order valence-electron chi connectivity index (χ3n) is 3.87. The van der Waals surface area contributed by atoms with Gasteiger partial charge in [0, 0.05) is 31.5 Å². The van der Waals surface area contributed by atoms with E-state index in [-0.39, 0.29) is 5.69 Å². The lowest BCUT2D eigenvalue weighted by atomic mass is 10.1. The van der Waals surface area contributed by atoms with Gasteiger partial charge in [-0.1, -0.05) is 0 Å². The summed E-state index contributed by atoms with van der Waals surface area (Å²) in [6.07, 6.45) is 5.40. The van der Waals surface area contributed by atoms with Crippen LogP contribution in [0.2, 0.25) is 0 Å². The van der Waals surface area contributed by atoms with Crippen LogP contribution in [0.5, 0.6) is 0 Å². The zero-order chi connectivity index (χ0) is 15.5. The Morgan fingerprint density at radius 2 is 2.27 bits per heavy atom. The van der Waals surface area contributed by atoms with Crippen LogP contribution in [0.1, 0.15) is 30.1 Å². The van der Waals surface area contributed by atoms with Crippen molar-refractivity contribution in [3.8, 4) is 0 Å². The second-order valence-electron chi connectivity index (χ2n) is 5.43. The molecule has 0 aromatic carbocycles. The molecule has 0 saturated heterocycles. The molecule has 0 aliphatic carbocycles. The molecule has 1 N–H and O–H groups in total. The smallest absolute Gasteiger partial charge is 0.290 e. The molecule has 0 amide bonds. The van der Waals surface area contributed by atoms with Crippen LogP contribution in [0.15, 0.2) is 12.3 Å². The van der Waals surface area contributed by atoms with Gasteiger partial charge in [-0.05, 0) is 25.8 Å². The van der Waals surface area contributed by atoms with Crippen molar-refractivity contribution in [1.82, 2.24) is 19.7 Å². The van der Waals surface area contributed by atoms with Gasteiger partial charge in [-0.25, -0.2) is 4.98 Å². The molecule has 0 saturated carbocycles. The SMILES string of the molecule is Cc1cc(NCCc2nnc3n2CCCC3)ncc1[N+](=O)[O-]. The molecule has 1 aliphatic heterocycles. The number of rotatable bonds is 5. The van der Waals surface area contributed by atoms with Crippen molar-refractivity contribution >= 4 is 11.5 Å². The number of hydrogen-bond acceptors (Lipinski definition) is 6. The van der Waals surface area contributed by atoms with Crippen LogP contribution in [0.25, 0.3) is 0 Å². The van der Waals surface area contributed by atoms with Crippen LogP contribution >= 0.6 is 0 Å². The molecule has 0 fully saturated rings. The minimum atomic E-state index is -0.422. The number of aryl methyl sites for hydroxylation is 2. The summed E-state index contributed by atoms with van der Waals surface area (Å²) in [4.78, 5) is 14.4. The maximum absolute atomic E-state index is 10.8. The molecule has 0 unspecified atom stereocenters. The summed E-state index contributed by atoms with van der Waals surface area (Å²) >= 11 is 0. The molecule has 0 radical (unpaired) electrons. The predicted molar refractivity (Wildman–Crippen MR) is 80.8 cm³/mol. The van der Waals surface area contributed by atoms with Crippen LogP contribution in [0.4, 0.5) is 11.5 Å². The van der Waals surface area contributed by atoms with Crippen molar-refractivity contribution in [2.45, 2.75) is 39.2 Å². The van der Waals surface area contributed by atoms with Gasteiger partial charge in [-0.15, -0.1) is 10.2 Å². The highest BCUT2D eigenvalue weighted by Gasteiger charge is 2.15. The molecule has 8 heteroatoms. The number of fused-ring (bicyclic) bond motifs is 1. The van der Waals surface area contributed by atoms with E-state index >= 15 is 0 Å². The van der Waals surface area contributed by atoms with Crippen molar-refractivity contribution in [3.63, 3.8) is 0 Å². The first kappa shape index (κ1) is 14.4. The van der Waals surface area contributed by atoms with Gasteiger partial charge in [0.15, 0.2) is 0 Å². The molecular formula is C14H18N6O2. The first-order chi connectivity index (χ1) is 10.6. The van der Waals surface area contributed by atoms with Gasteiger partial charge in [-0.3, -0.25) is 10.1 Å². The van der Waals surface area contributed by atoms with Crippen molar-refractivity contribution in [2.75, 3.05) is 11.9 Å². The number of nitro groups is 1. The number of nitrogens with one attached hydrogen (secondary N) is 1. The van der Waals surface area contributed by atoms with Crippen LogP contribution in [0.3, 0.4) is 0 Å². The highest BCUT2D eigenvalue weighted by molar-refractivity contribution is 5.46. The van der Waals surface area contributed by atoms with Crippen LogP contribution in [-0.2, 0) is 19.4 Å². The van der Waals surface area contributed by atoms with Gasteiger partial charge >= 0.3 is 0 Å². The number of anilines is 1. The second kappa shape index (κ2) is 6.08. The van der Waals surface area contributed by atoms with E-state index in [0.717, 1.165) is 31.0 Å². The Morgan fingerprint density at radius 3 is 3.05 bits per heavy atom. The first-order valence-electron chi connectivity index (χ1n) is 7.41. The fraction of sp³-hybridized carbons (Fsp3) is 0.500. The van der Waals surface area contributed by atoms with Crippen molar-refractivity contribution < 1.29 is 4.92 Å². The Bertz CT molecular complexity index is 697. The topological polar surface area (TPSA) is 98.8 Å². The van der Waals surface area contributed by atoms with E-state index in [1.807, 2.05) is 0 Å². The molecule has 2 aromatic rings.